The van der Waals surface area contributed by atoms with Crippen molar-refractivity contribution in [2.45, 2.75) is 122 Å². The first-order valence-corrected chi connectivity index (χ1v) is 16.3. The van der Waals surface area contributed by atoms with Crippen LogP contribution in [0.3, 0.4) is 0 Å². The molecule has 0 aromatic heterocycles. The maximum Gasteiger partial charge on any atom is 0.492 e. The molecule has 3 N–H and O–H groups in total. The number of nitrogens with zero attached hydrogens (tertiary/aromatic N) is 2. The highest BCUT2D eigenvalue weighted by molar-refractivity contribution is 6.56. The quantitative estimate of drug-likeness (QED) is 0.0923. The molecule has 200 valence electrons. The molecular weight excluding hydrogens is 428 g/mol. The van der Waals surface area contributed by atoms with Gasteiger partial charge in [0, 0.05) is 12.5 Å². The monoisotopic (exact) mass is 490 g/mol. The Morgan fingerprint density at radius 3 is 1.06 bits per heavy atom. The van der Waals surface area contributed by atoms with Crippen molar-refractivity contribution >= 4 is 8.80 Å². The van der Waals surface area contributed by atoms with Crippen LogP contribution in [0, 0.1) is 0 Å². The molecule has 0 heterocycles. The number of likely N-dealkylation sites (N-methyl/N-ethyl adjacent to an activating group) is 2. The first-order chi connectivity index (χ1) is 15.5. The zero-order chi connectivity index (χ0) is 25.1. The Hall–Kier alpha value is 0.0169. The minimum Gasteiger partial charge on any atom is -0.390 e. The Labute approximate surface area is 208 Å². The molecule has 0 saturated heterocycles. The van der Waals surface area contributed by atoms with E-state index >= 15 is 0 Å². The standard InChI is InChI=1S/C27H62N2O3Si/c1-6-7-8-9-10-11-12-13-14-15-16-17-18-19-20-21-23-28(2,3)25-26-29(4,5)24-22-27-33(30,31)32/h30-32H,6-27H2,1-5H3/q+2. The fraction of sp³-hybridized carbons (Fsp3) is 1.00. The molecule has 0 aliphatic heterocycles. The van der Waals surface area contributed by atoms with Gasteiger partial charge in [0.25, 0.3) is 0 Å². The Morgan fingerprint density at radius 2 is 0.727 bits per heavy atom. The lowest BCUT2D eigenvalue weighted by Crippen LogP contribution is -2.51. The molecule has 0 saturated carbocycles. The second kappa shape index (κ2) is 19.2. The lowest BCUT2D eigenvalue weighted by Gasteiger charge is -2.36. The van der Waals surface area contributed by atoms with Crippen molar-refractivity contribution in [2.24, 2.45) is 0 Å². The van der Waals surface area contributed by atoms with Crippen LogP contribution in [0.5, 0.6) is 0 Å². The van der Waals surface area contributed by atoms with Gasteiger partial charge in [0.1, 0.15) is 13.1 Å². The second-order valence-electron chi connectivity index (χ2n) is 11.9. The summed E-state index contributed by atoms with van der Waals surface area (Å²) in [6, 6.07) is 0.145. The smallest absolute Gasteiger partial charge is 0.390 e. The third kappa shape index (κ3) is 24.9. The molecule has 0 aromatic carbocycles. The van der Waals surface area contributed by atoms with Gasteiger partial charge in [-0.15, -0.1) is 0 Å². The van der Waals surface area contributed by atoms with Crippen LogP contribution in [0.1, 0.15) is 116 Å². The van der Waals surface area contributed by atoms with Crippen LogP contribution in [-0.2, 0) is 0 Å². The normalized spacial score (nSPS) is 13.1. The zero-order valence-corrected chi connectivity index (χ0v) is 24.3. The highest BCUT2D eigenvalue weighted by atomic mass is 28.4. The molecule has 0 rings (SSSR count). The van der Waals surface area contributed by atoms with Crippen LogP contribution in [0.4, 0.5) is 0 Å². The SMILES string of the molecule is CCCCCCCCCCCCCCCCCC[N+](C)(C)CC[N+](C)(C)CCC[Si](O)(O)O. The summed E-state index contributed by atoms with van der Waals surface area (Å²) in [7, 11) is 5.18. The molecule has 0 aliphatic carbocycles. The Bertz CT molecular complexity index is 440. The van der Waals surface area contributed by atoms with Gasteiger partial charge in [-0.25, -0.2) is 0 Å². The van der Waals surface area contributed by atoms with E-state index in [4.69, 9.17) is 0 Å². The van der Waals surface area contributed by atoms with Gasteiger partial charge < -0.3 is 23.4 Å². The van der Waals surface area contributed by atoms with Gasteiger partial charge >= 0.3 is 8.80 Å². The van der Waals surface area contributed by atoms with Gasteiger partial charge in [0.05, 0.1) is 41.3 Å². The van der Waals surface area contributed by atoms with E-state index in [0.717, 1.165) is 28.6 Å². The van der Waals surface area contributed by atoms with E-state index in [1.165, 1.54) is 109 Å². The van der Waals surface area contributed by atoms with Crippen LogP contribution >= 0.6 is 0 Å². The molecular formula is C27H62N2O3Si+2. The first kappa shape index (κ1) is 33.0. The van der Waals surface area contributed by atoms with Crippen molar-refractivity contribution in [3.05, 3.63) is 0 Å². The third-order valence-corrected chi connectivity index (χ3v) is 8.23. The highest BCUT2D eigenvalue weighted by Crippen LogP contribution is 2.14. The summed E-state index contributed by atoms with van der Waals surface area (Å²) in [5, 5.41) is 0. The van der Waals surface area contributed by atoms with E-state index < -0.39 is 8.80 Å². The van der Waals surface area contributed by atoms with E-state index in [-0.39, 0.29) is 6.04 Å². The Balaban J connectivity index is 3.55. The van der Waals surface area contributed by atoms with E-state index in [1.54, 1.807) is 0 Å². The Morgan fingerprint density at radius 1 is 0.424 bits per heavy atom. The van der Waals surface area contributed by atoms with Crippen molar-refractivity contribution in [3.63, 3.8) is 0 Å². The van der Waals surface area contributed by atoms with Gasteiger partial charge in [-0.05, 0) is 12.8 Å². The maximum absolute atomic E-state index is 9.18. The number of quaternary nitrogens is 2. The predicted octanol–water partition coefficient (Wildman–Crippen LogP) is 5.71. The molecule has 0 aromatic rings. The van der Waals surface area contributed by atoms with E-state index in [9.17, 15) is 14.4 Å². The second-order valence-corrected chi connectivity index (χ2v) is 14.0. The number of unbranched alkanes of at least 4 members (excludes halogenated alkanes) is 15. The summed E-state index contributed by atoms with van der Waals surface area (Å²) in [5.41, 5.74) is 0. The van der Waals surface area contributed by atoms with E-state index in [2.05, 4.69) is 35.1 Å². The molecule has 0 atom stereocenters. The predicted molar refractivity (Wildman–Crippen MR) is 145 cm³/mol. The van der Waals surface area contributed by atoms with Gasteiger partial charge in [-0.1, -0.05) is 96.8 Å². The summed E-state index contributed by atoms with van der Waals surface area (Å²) < 4.78 is 1.92. The summed E-state index contributed by atoms with van der Waals surface area (Å²) >= 11 is 0. The first-order valence-electron chi connectivity index (χ1n) is 14.3. The fourth-order valence-corrected chi connectivity index (χ4v) is 5.23. The van der Waals surface area contributed by atoms with Gasteiger partial charge in [-0.3, -0.25) is 0 Å². The molecule has 33 heavy (non-hydrogen) atoms. The average Bonchev–Trinajstić information content (AvgIpc) is 2.71. The number of hydrogen-bond donors (Lipinski definition) is 3. The molecule has 0 fully saturated rings. The zero-order valence-electron chi connectivity index (χ0n) is 23.3. The molecule has 0 amide bonds. The highest BCUT2D eigenvalue weighted by Gasteiger charge is 2.28. The van der Waals surface area contributed by atoms with Crippen molar-refractivity contribution in [2.75, 3.05) is 54.4 Å². The summed E-state index contributed by atoms with van der Waals surface area (Å²) in [6.07, 6.45) is 23.3. The Kier molecular flexibility index (Phi) is 19.2. The largest absolute Gasteiger partial charge is 0.492 e. The van der Waals surface area contributed by atoms with E-state index in [0.29, 0.717) is 6.42 Å². The van der Waals surface area contributed by atoms with Crippen LogP contribution in [-0.4, -0.2) is 86.5 Å². The lowest BCUT2D eigenvalue weighted by atomic mass is 10.0. The minimum absolute atomic E-state index is 0.145. The molecule has 5 nitrogen and oxygen atoms in total. The van der Waals surface area contributed by atoms with Crippen molar-refractivity contribution < 1.29 is 23.4 Å². The van der Waals surface area contributed by atoms with Gasteiger partial charge in [-0.2, -0.15) is 0 Å². The summed E-state index contributed by atoms with van der Waals surface area (Å²) in [5.74, 6) is 0. The molecule has 6 heteroatoms. The van der Waals surface area contributed by atoms with Crippen LogP contribution in [0.2, 0.25) is 6.04 Å². The molecule has 0 bridgehead atoms. The van der Waals surface area contributed by atoms with Crippen molar-refractivity contribution in [1.82, 2.24) is 0 Å². The van der Waals surface area contributed by atoms with Crippen LogP contribution in [0.25, 0.3) is 0 Å². The summed E-state index contributed by atoms with van der Waals surface area (Å²) in [6.45, 7) is 6.60. The number of hydrogen-bond acceptors (Lipinski definition) is 3. The fourth-order valence-electron chi connectivity index (χ4n) is 4.60. The average molecular weight is 491 g/mol. The maximum atomic E-state index is 9.18. The topological polar surface area (TPSA) is 60.7 Å². The van der Waals surface area contributed by atoms with Gasteiger partial charge in [0.2, 0.25) is 0 Å². The molecule has 0 unspecified atom stereocenters. The lowest BCUT2D eigenvalue weighted by molar-refractivity contribution is -0.946. The van der Waals surface area contributed by atoms with Gasteiger partial charge in [0.15, 0.2) is 0 Å². The number of rotatable bonds is 24. The molecule has 0 spiro atoms. The van der Waals surface area contributed by atoms with Crippen molar-refractivity contribution in [1.29, 1.82) is 0 Å². The third-order valence-electron chi connectivity index (χ3n) is 7.20. The van der Waals surface area contributed by atoms with Crippen molar-refractivity contribution in [3.8, 4) is 0 Å². The molecule has 0 radical (unpaired) electrons. The van der Waals surface area contributed by atoms with Crippen LogP contribution < -0.4 is 0 Å². The molecule has 0 aliphatic rings. The van der Waals surface area contributed by atoms with Crippen LogP contribution in [0.15, 0.2) is 0 Å². The summed E-state index contributed by atoms with van der Waals surface area (Å²) in [4.78, 5) is 27.5. The van der Waals surface area contributed by atoms with E-state index in [1.807, 2.05) is 0 Å². The minimum atomic E-state index is -3.88.